The number of carbonyl (C=O) groups excluding carboxylic acids is 1. The van der Waals surface area contributed by atoms with Crippen LogP contribution in [-0.4, -0.2) is 6.03 Å². The van der Waals surface area contributed by atoms with Crippen LogP contribution in [0.2, 0.25) is 20.1 Å². The number of amides is 2. The summed E-state index contributed by atoms with van der Waals surface area (Å²) in [6.07, 6.45) is 0. The SMILES string of the molecule is O=C(Nc1ccc(Cl)c(Cl)c1)Nc1cc(Cl)ccc1Cl. The number of hydrogen-bond acceptors (Lipinski definition) is 1. The van der Waals surface area contributed by atoms with Gasteiger partial charge in [0, 0.05) is 10.7 Å². The molecule has 0 saturated carbocycles. The summed E-state index contributed by atoms with van der Waals surface area (Å²) in [5, 5.41) is 6.83. The molecule has 0 aliphatic rings. The largest absolute Gasteiger partial charge is 0.323 e. The van der Waals surface area contributed by atoms with Gasteiger partial charge in [-0.1, -0.05) is 46.4 Å². The topological polar surface area (TPSA) is 41.1 Å². The standard InChI is InChI=1S/C13H8Cl4N2O/c14-7-1-3-10(16)12(5-7)19-13(20)18-8-2-4-9(15)11(17)6-8/h1-6H,(H2,18,19,20). The molecular formula is C13H8Cl4N2O. The van der Waals surface area contributed by atoms with Gasteiger partial charge in [0.15, 0.2) is 0 Å². The fourth-order valence-electron chi connectivity index (χ4n) is 1.45. The lowest BCUT2D eigenvalue weighted by Gasteiger charge is -2.10. The van der Waals surface area contributed by atoms with Crippen molar-refractivity contribution < 1.29 is 4.79 Å². The fraction of sp³-hybridized carbons (Fsp3) is 0. The predicted molar refractivity (Wildman–Crippen MR) is 85.6 cm³/mol. The van der Waals surface area contributed by atoms with Gasteiger partial charge < -0.3 is 10.6 Å². The fourth-order valence-corrected chi connectivity index (χ4v) is 2.09. The number of nitrogens with one attached hydrogen (secondary N) is 2. The van der Waals surface area contributed by atoms with Gasteiger partial charge in [-0.15, -0.1) is 0 Å². The molecule has 0 unspecified atom stereocenters. The molecule has 2 rings (SSSR count). The lowest BCUT2D eigenvalue weighted by atomic mass is 10.3. The smallest absolute Gasteiger partial charge is 0.308 e. The number of benzene rings is 2. The molecule has 0 aliphatic heterocycles. The molecule has 0 aromatic heterocycles. The average molecular weight is 350 g/mol. The molecule has 2 aromatic rings. The maximum Gasteiger partial charge on any atom is 0.323 e. The Morgan fingerprint density at radius 3 is 2.20 bits per heavy atom. The monoisotopic (exact) mass is 348 g/mol. The van der Waals surface area contributed by atoms with E-state index in [9.17, 15) is 4.79 Å². The summed E-state index contributed by atoms with van der Waals surface area (Å²) in [5.41, 5.74) is 0.923. The van der Waals surface area contributed by atoms with E-state index in [1.54, 1.807) is 36.4 Å². The first-order chi connectivity index (χ1) is 9.45. The van der Waals surface area contributed by atoms with Gasteiger partial charge in [-0.3, -0.25) is 0 Å². The zero-order chi connectivity index (χ0) is 14.7. The molecule has 20 heavy (non-hydrogen) atoms. The molecule has 2 N–H and O–H groups in total. The average Bonchev–Trinajstić information content (AvgIpc) is 2.38. The van der Waals surface area contributed by atoms with Crippen LogP contribution in [0.15, 0.2) is 36.4 Å². The van der Waals surface area contributed by atoms with E-state index in [1.165, 1.54) is 0 Å². The highest BCUT2D eigenvalue weighted by atomic mass is 35.5. The Balaban J connectivity index is 2.09. The van der Waals surface area contributed by atoms with Gasteiger partial charge in [0.2, 0.25) is 0 Å². The van der Waals surface area contributed by atoms with E-state index in [0.29, 0.717) is 31.5 Å². The Morgan fingerprint density at radius 2 is 1.50 bits per heavy atom. The minimum absolute atomic E-state index is 0.352. The van der Waals surface area contributed by atoms with E-state index >= 15 is 0 Å². The minimum Gasteiger partial charge on any atom is -0.308 e. The van der Waals surface area contributed by atoms with Crippen molar-refractivity contribution in [1.29, 1.82) is 0 Å². The number of halogens is 4. The lowest BCUT2D eigenvalue weighted by Crippen LogP contribution is -2.19. The molecule has 7 heteroatoms. The number of carbonyl (C=O) groups is 1. The molecule has 2 amide bonds. The number of hydrogen-bond donors (Lipinski definition) is 2. The Morgan fingerprint density at radius 1 is 0.800 bits per heavy atom. The van der Waals surface area contributed by atoms with Crippen molar-refractivity contribution in [3.05, 3.63) is 56.5 Å². The van der Waals surface area contributed by atoms with Crippen LogP contribution in [0.25, 0.3) is 0 Å². The highest BCUT2D eigenvalue weighted by molar-refractivity contribution is 6.42. The van der Waals surface area contributed by atoms with Gasteiger partial charge in [0.25, 0.3) is 0 Å². The normalized spacial score (nSPS) is 10.2. The maximum absolute atomic E-state index is 11.8. The molecule has 104 valence electrons. The van der Waals surface area contributed by atoms with Gasteiger partial charge in [-0.2, -0.15) is 0 Å². The van der Waals surface area contributed by atoms with Gasteiger partial charge in [-0.25, -0.2) is 4.79 Å². The highest BCUT2D eigenvalue weighted by Crippen LogP contribution is 2.27. The van der Waals surface area contributed by atoms with Gasteiger partial charge >= 0.3 is 6.03 Å². The van der Waals surface area contributed by atoms with Crippen molar-refractivity contribution in [2.24, 2.45) is 0 Å². The molecule has 3 nitrogen and oxygen atoms in total. The Hall–Kier alpha value is -1.13. The first-order valence-electron chi connectivity index (χ1n) is 5.44. The summed E-state index contributed by atoms with van der Waals surface area (Å²) in [6.45, 7) is 0. The Bertz CT molecular complexity index is 661. The minimum atomic E-state index is -0.465. The zero-order valence-electron chi connectivity index (χ0n) is 9.88. The second-order valence-corrected chi connectivity index (χ2v) is 5.49. The van der Waals surface area contributed by atoms with Crippen LogP contribution in [0.3, 0.4) is 0 Å². The summed E-state index contributed by atoms with van der Waals surface area (Å²) in [6, 6.07) is 9.08. The molecule has 2 aromatic carbocycles. The molecule has 0 spiro atoms. The van der Waals surface area contributed by atoms with Crippen LogP contribution in [0.5, 0.6) is 0 Å². The van der Waals surface area contributed by atoms with E-state index in [1.807, 2.05) is 0 Å². The van der Waals surface area contributed by atoms with Crippen molar-refractivity contribution in [3.63, 3.8) is 0 Å². The first kappa shape index (κ1) is 15.3. The van der Waals surface area contributed by atoms with Crippen molar-refractivity contribution in [3.8, 4) is 0 Å². The van der Waals surface area contributed by atoms with E-state index in [-0.39, 0.29) is 0 Å². The molecule has 0 aliphatic carbocycles. The number of urea groups is 1. The van der Waals surface area contributed by atoms with Crippen LogP contribution in [0.1, 0.15) is 0 Å². The van der Waals surface area contributed by atoms with Crippen LogP contribution in [0, 0.1) is 0 Å². The van der Waals surface area contributed by atoms with Gasteiger partial charge in [0.05, 0.1) is 20.8 Å². The molecule has 0 atom stereocenters. The summed E-state index contributed by atoms with van der Waals surface area (Å²) in [4.78, 5) is 11.8. The van der Waals surface area contributed by atoms with Crippen molar-refractivity contribution in [2.75, 3.05) is 10.6 Å². The van der Waals surface area contributed by atoms with E-state index in [4.69, 9.17) is 46.4 Å². The summed E-state index contributed by atoms with van der Waals surface area (Å²) < 4.78 is 0. The molecular weight excluding hydrogens is 342 g/mol. The van der Waals surface area contributed by atoms with Crippen molar-refractivity contribution in [2.45, 2.75) is 0 Å². The number of rotatable bonds is 2. The van der Waals surface area contributed by atoms with Gasteiger partial charge in [0.1, 0.15) is 0 Å². The van der Waals surface area contributed by atoms with E-state index < -0.39 is 6.03 Å². The molecule has 0 fully saturated rings. The third-order valence-corrected chi connectivity index (χ3v) is 3.66. The lowest BCUT2D eigenvalue weighted by molar-refractivity contribution is 0.262. The third-order valence-electron chi connectivity index (χ3n) is 2.35. The second kappa shape index (κ2) is 6.55. The quantitative estimate of drug-likeness (QED) is 0.691. The third kappa shape index (κ3) is 3.93. The van der Waals surface area contributed by atoms with Crippen molar-refractivity contribution in [1.82, 2.24) is 0 Å². The summed E-state index contributed by atoms with van der Waals surface area (Å²) in [5.74, 6) is 0. The van der Waals surface area contributed by atoms with Crippen molar-refractivity contribution >= 4 is 63.8 Å². The first-order valence-corrected chi connectivity index (χ1v) is 6.95. The van der Waals surface area contributed by atoms with Crippen LogP contribution in [-0.2, 0) is 0 Å². The highest BCUT2D eigenvalue weighted by Gasteiger charge is 2.07. The van der Waals surface area contributed by atoms with Gasteiger partial charge in [-0.05, 0) is 36.4 Å². The van der Waals surface area contributed by atoms with Crippen LogP contribution < -0.4 is 10.6 Å². The molecule has 0 radical (unpaired) electrons. The summed E-state index contributed by atoms with van der Waals surface area (Å²) >= 11 is 23.4. The summed E-state index contributed by atoms with van der Waals surface area (Å²) in [7, 11) is 0. The molecule has 0 bridgehead atoms. The zero-order valence-corrected chi connectivity index (χ0v) is 12.9. The number of anilines is 2. The Kier molecular flexibility index (Phi) is 5.00. The maximum atomic E-state index is 11.8. The molecule has 0 heterocycles. The van der Waals surface area contributed by atoms with E-state index in [0.717, 1.165) is 0 Å². The predicted octanol–water partition coefficient (Wildman–Crippen LogP) is 5.94. The van der Waals surface area contributed by atoms with E-state index in [2.05, 4.69) is 10.6 Å². The second-order valence-electron chi connectivity index (χ2n) is 3.83. The van der Waals surface area contributed by atoms with Crippen LogP contribution >= 0.6 is 46.4 Å². The van der Waals surface area contributed by atoms with Crippen LogP contribution in [0.4, 0.5) is 16.2 Å². The molecule has 0 saturated heterocycles. The Labute approximate surface area is 135 Å².